The lowest BCUT2D eigenvalue weighted by molar-refractivity contribution is -0.131. The van der Waals surface area contributed by atoms with Gasteiger partial charge in [0, 0.05) is 32.6 Å². The molecule has 0 aliphatic carbocycles. The van der Waals surface area contributed by atoms with Crippen molar-refractivity contribution in [2.75, 3.05) is 44.8 Å². The Bertz CT molecular complexity index is 819. The van der Waals surface area contributed by atoms with Crippen LogP contribution in [-0.2, 0) is 10.2 Å². The molecule has 1 aliphatic rings. The minimum absolute atomic E-state index is 0.139. The van der Waals surface area contributed by atoms with E-state index >= 15 is 0 Å². The maximum Gasteiger partial charge on any atom is 0.222 e. The Morgan fingerprint density at radius 3 is 2.27 bits per heavy atom. The summed E-state index contributed by atoms with van der Waals surface area (Å²) < 4.78 is 11.3. The van der Waals surface area contributed by atoms with Gasteiger partial charge in [-0.15, -0.1) is 0 Å². The monoisotopic (exact) mass is 410 g/mol. The molecule has 30 heavy (non-hydrogen) atoms. The largest absolute Gasteiger partial charge is 0.495 e. The Balaban J connectivity index is 1.39. The topological polar surface area (TPSA) is 42.0 Å². The number of hydrogen-bond acceptors (Lipinski definition) is 4. The summed E-state index contributed by atoms with van der Waals surface area (Å²) in [7, 11) is 1.69. The molecule has 1 heterocycles. The summed E-state index contributed by atoms with van der Waals surface area (Å²) in [6, 6.07) is 16.3. The highest BCUT2D eigenvalue weighted by molar-refractivity contribution is 5.76. The van der Waals surface area contributed by atoms with Crippen LogP contribution in [0.15, 0.2) is 48.5 Å². The fourth-order valence-corrected chi connectivity index (χ4v) is 3.71. The molecule has 1 fully saturated rings. The Kier molecular flexibility index (Phi) is 7.24. The number of anilines is 1. The van der Waals surface area contributed by atoms with Crippen LogP contribution in [-0.4, -0.2) is 50.7 Å². The molecule has 5 nitrogen and oxygen atoms in total. The van der Waals surface area contributed by atoms with Gasteiger partial charge in [0.2, 0.25) is 5.91 Å². The van der Waals surface area contributed by atoms with Gasteiger partial charge in [0.1, 0.15) is 11.5 Å². The summed E-state index contributed by atoms with van der Waals surface area (Å²) in [6.45, 7) is 10.3. The van der Waals surface area contributed by atoms with Crippen LogP contribution in [0.3, 0.4) is 0 Å². The second-order valence-corrected chi connectivity index (χ2v) is 8.77. The summed E-state index contributed by atoms with van der Waals surface area (Å²) in [5.74, 6) is 1.95. The number of hydrogen-bond donors (Lipinski definition) is 0. The molecule has 162 valence electrons. The molecular weight excluding hydrogens is 376 g/mol. The number of ether oxygens (including phenoxy) is 2. The molecule has 5 heteroatoms. The van der Waals surface area contributed by atoms with Crippen molar-refractivity contribution in [3.63, 3.8) is 0 Å². The molecule has 0 radical (unpaired) electrons. The molecule has 3 rings (SSSR count). The van der Waals surface area contributed by atoms with Gasteiger partial charge in [0.25, 0.3) is 0 Å². The number of methoxy groups -OCH3 is 1. The van der Waals surface area contributed by atoms with Crippen molar-refractivity contribution in [2.45, 2.75) is 39.0 Å². The van der Waals surface area contributed by atoms with Crippen LogP contribution in [0.5, 0.6) is 11.5 Å². The Labute approximate surface area is 180 Å². The van der Waals surface area contributed by atoms with Crippen LogP contribution in [0, 0.1) is 0 Å². The van der Waals surface area contributed by atoms with Crippen molar-refractivity contribution in [1.29, 1.82) is 0 Å². The van der Waals surface area contributed by atoms with E-state index in [0.717, 1.165) is 49.8 Å². The van der Waals surface area contributed by atoms with Gasteiger partial charge in [-0.1, -0.05) is 45.0 Å². The van der Waals surface area contributed by atoms with E-state index in [-0.39, 0.29) is 11.3 Å². The van der Waals surface area contributed by atoms with Crippen LogP contribution >= 0.6 is 0 Å². The van der Waals surface area contributed by atoms with Crippen molar-refractivity contribution in [3.8, 4) is 11.5 Å². The average Bonchev–Trinajstić information content (AvgIpc) is 2.76. The quantitative estimate of drug-likeness (QED) is 0.630. The smallest absolute Gasteiger partial charge is 0.222 e. The predicted molar refractivity (Wildman–Crippen MR) is 122 cm³/mol. The maximum absolute atomic E-state index is 12.6. The molecule has 0 saturated carbocycles. The van der Waals surface area contributed by atoms with Crippen LogP contribution in [0.4, 0.5) is 5.69 Å². The highest BCUT2D eigenvalue weighted by Crippen LogP contribution is 2.28. The summed E-state index contributed by atoms with van der Waals surface area (Å²) in [6.07, 6.45) is 1.25. The molecule has 1 saturated heterocycles. The molecule has 0 N–H and O–H groups in total. The molecule has 0 unspecified atom stereocenters. The number of piperazine rings is 1. The zero-order valence-electron chi connectivity index (χ0n) is 18.7. The first-order valence-electron chi connectivity index (χ1n) is 10.8. The number of nitrogens with zero attached hydrogens (tertiary/aromatic N) is 2. The molecular formula is C25H34N2O3. The number of carbonyl (C=O) groups is 1. The summed E-state index contributed by atoms with van der Waals surface area (Å²) >= 11 is 0. The number of benzene rings is 2. The molecule has 0 atom stereocenters. The lowest BCUT2D eigenvalue weighted by Crippen LogP contribution is -2.48. The van der Waals surface area contributed by atoms with Crippen molar-refractivity contribution in [3.05, 3.63) is 54.1 Å². The third-order valence-electron chi connectivity index (χ3n) is 5.58. The standard InChI is InChI=1S/C25H34N2O3/c1-25(2,3)20-11-13-21(14-12-20)30-19-7-10-24(28)27-17-15-26(16-18-27)22-8-5-6-9-23(22)29-4/h5-6,8-9,11-14H,7,10,15-19H2,1-4H3. The Morgan fingerprint density at radius 2 is 1.63 bits per heavy atom. The minimum atomic E-state index is 0.139. The second-order valence-electron chi connectivity index (χ2n) is 8.77. The summed E-state index contributed by atoms with van der Waals surface area (Å²) in [4.78, 5) is 16.8. The van der Waals surface area contributed by atoms with Gasteiger partial charge in [0.15, 0.2) is 0 Å². The molecule has 1 amide bonds. The fourth-order valence-electron chi connectivity index (χ4n) is 3.71. The van der Waals surface area contributed by atoms with Crippen LogP contribution in [0.2, 0.25) is 0 Å². The zero-order valence-corrected chi connectivity index (χ0v) is 18.7. The third kappa shape index (κ3) is 5.68. The summed E-state index contributed by atoms with van der Waals surface area (Å²) in [5.41, 5.74) is 2.52. The van der Waals surface area contributed by atoms with Gasteiger partial charge in [-0.3, -0.25) is 4.79 Å². The van der Waals surface area contributed by atoms with Crippen molar-refractivity contribution in [1.82, 2.24) is 4.90 Å². The first-order chi connectivity index (χ1) is 14.4. The van der Waals surface area contributed by atoms with Crippen LogP contribution < -0.4 is 14.4 Å². The first-order valence-corrected chi connectivity index (χ1v) is 10.8. The summed E-state index contributed by atoms with van der Waals surface area (Å²) in [5, 5.41) is 0. The minimum Gasteiger partial charge on any atom is -0.495 e. The van der Waals surface area contributed by atoms with E-state index in [1.54, 1.807) is 7.11 Å². The molecule has 1 aliphatic heterocycles. The zero-order chi connectivity index (χ0) is 21.6. The van der Waals surface area contributed by atoms with Gasteiger partial charge in [-0.2, -0.15) is 0 Å². The number of rotatable bonds is 7. The van der Waals surface area contributed by atoms with Crippen molar-refractivity contribution >= 4 is 11.6 Å². The van der Waals surface area contributed by atoms with Gasteiger partial charge in [0.05, 0.1) is 19.4 Å². The first kappa shape index (κ1) is 22.0. The Hall–Kier alpha value is -2.69. The van der Waals surface area contributed by atoms with Crippen molar-refractivity contribution < 1.29 is 14.3 Å². The van der Waals surface area contributed by atoms with Gasteiger partial charge in [-0.25, -0.2) is 0 Å². The SMILES string of the molecule is COc1ccccc1N1CCN(C(=O)CCCOc2ccc(C(C)(C)C)cc2)CC1. The van der Waals surface area contributed by atoms with Crippen molar-refractivity contribution in [2.24, 2.45) is 0 Å². The van der Waals surface area contributed by atoms with E-state index in [9.17, 15) is 4.79 Å². The van der Waals surface area contributed by atoms with E-state index in [1.165, 1.54) is 5.56 Å². The van der Waals surface area contributed by atoms with Gasteiger partial charge in [-0.05, 0) is 41.7 Å². The van der Waals surface area contributed by atoms with Crippen LogP contribution in [0.25, 0.3) is 0 Å². The van der Waals surface area contributed by atoms with E-state index in [2.05, 4.69) is 43.9 Å². The lowest BCUT2D eigenvalue weighted by atomic mass is 9.87. The van der Waals surface area contributed by atoms with E-state index in [1.807, 2.05) is 35.2 Å². The number of carbonyl (C=O) groups excluding carboxylic acids is 1. The van der Waals surface area contributed by atoms with E-state index in [0.29, 0.717) is 13.0 Å². The predicted octanol–water partition coefficient (Wildman–Crippen LogP) is 4.50. The van der Waals surface area contributed by atoms with Crippen LogP contribution in [0.1, 0.15) is 39.2 Å². The molecule has 2 aromatic rings. The van der Waals surface area contributed by atoms with Gasteiger partial charge >= 0.3 is 0 Å². The normalized spacial score (nSPS) is 14.5. The molecule has 0 spiro atoms. The molecule has 0 bridgehead atoms. The number of amides is 1. The highest BCUT2D eigenvalue weighted by Gasteiger charge is 2.22. The van der Waals surface area contributed by atoms with Gasteiger partial charge < -0.3 is 19.3 Å². The van der Waals surface area contributed by atoms with E-state index in [4.69, 9.17) is 9.47 Å². The third-order valence-corrected chi connectivity index (χ3v) is 5.58. The Morgan fingerprint density at radius 1 is 0.967 bits per heavy atom. The molecule has 0 aromatic heterocycles. The lowest BCUT2D eigenvalue weighted by Gasteiger charge is -2.36. The maximum atomic E-state index is 12.6. The number of para-hydroxylation sites is 2. The fraction of sp³-hybridized carbons (Fsp3) is 0.480. The average molecular weight is 411 g/mol. The van der Waals surface area contributed by atoms with E-state index < -0.39 is 0 Å². The molecule has 2 aromatic carbocycles. The highest BCUT2D eigenvalue weighted by atomic mass is 16.5. The second kappa shape index (κ2) is 9.88.